The number of rotatable bonds is 4. The normalized spacial score (nSPS) is 11.8. The van der Waals surface area contributed by atoms with Crippen LogP contribution in [0.2, 0.25) is 0 Å². The molecule has 1 aromatic rings. The lowest BCUT2D eigenvalue weighted by Crippen LogP contribution is -2.42. The summed E-state index contributed by atoms with van der Waals surface area (Å²) in [5.41, 5.74) is 3.67. The van der Waals surface area contributed by atoms with Crippen molar-refractivity contribution in [3.8, 4) is 0 Å². The van der Waals surface area contributed by atoms with E-state index in [0.29, 0.717) is 0 Å². The van der Waals surface area contributed by atoms with Crippen LogP contribution in [-0.2, 0) is 6.54 Å². The Hall–Kier alpha value is -0.860. The van der Waals surface area contributed by atoms with Crippen LogP contribution in [0, 0.1) is 13.8 Å². The SMILES string of the molecule is Cc1ccc(CNC(C)(C)CO)c(C)c1. The fraction of sp³-hybridized carbons (Fsp3) is 0.538. The van der Waals surface area contributed by atoms with Gasteiger partial charge in [0.1, 0.15) is 0 Å². The van der Waals surface area contributed by atoms with Crippen molar-refractivity contribution in [2.45, 2.75) is 39.8 Å². The van der Waals surface area contributed by atoms with Crippen LogP contribution in [0.15, 0.2) is 18.2 Å². The molecule has 0 aliphatic carbocycles. The van der Waals surface area contributed by atoms with Gasteiger partial charge in [0.25, 0.3) is 0 Å². The molecule has 2 heteroatoms. The molecule has 0 amide bonds. The van der Waals surface area contributed by atoms with Gasteiger partial charge in [0.15, 0.2) is 0 Å². The number of hydrogen-bond acceptors (Lipinski definition) is 2. The molecule has 0 bridgehead atoms. The highest BCUT2D eigenvalue weighted by molar-refractivity contribution is 5.30. The zero-order valence-electron chi connectivity index (χ0n) is 10.1. The third-order valence-corrected chi connectivity index (χ3v) is 2.65. The number of nitrogens with one attached hydrogen (secondary N) is 1. The van der Waals surface area contributed by atoms with Gasteiger partial charge in [-0.15, -0.1) is 0 Å². The molecule has 0 atom stereocenters. The zero-order valence-corrected chi connectivity index (χ0v) is 10.1. The lowest BCUT2D eigenvalue weighted by atomic mass is 10.0. The van der Waals surface area contributed by atoms with Gasteiger partial charge in [0, 0.05) is 12.1 Å². The van der Waals surface area contributed by atoms with Crippen LogP contribution in [0.5, 0.6) is 0 Å². The molecular weight excluding hydrogens is 186 g/mol. The Balaban J connectivity index is 2.66. The first-order valence-corrected chi connectivity index (χ1v) is 5.36. The number of aliphatic hydroxyl groups excluding tert-OH is 1. The molecule has 2 N–H and O–H groups in total. The third kappa shape index (κ3) is 3.65. The minimum absolute atomic E-state index is 0.151. The lowest BCUT2D eigenvalue weighted by Gasteiger charge is -2.24. The van der Waals surface area contributed by atoms with Crippen LogP contribution in [0.1, 0.15) is 30.5 Å². The molecule has 2 nitrogen and oxygen atoms in total. The Morgan fingerprint density at radius 1 is 1.27 bits per heavy atom. The number of aliphatic hydroxyl groups is 1. The second kappa shape index (κ2) is 4.77. The van der Waals surface area contributed by atoms with Crippen molar-refractivity contribution in [3.05, 3.63) is 34.9 Å². The van der Waals surface area contributed by atoms with Crippen molar-refractivity contribution in [1.29, 1.82) is 0 Å². The maximum Gasteiger partial charge on any atom is 0.0607 e. The van der Waals surface area contributed by atoms with Crippen LogP contribution in [0.25, 0.3) is 0 Å². The smallest absolute Gasteiger partial charge is 0.0607 e. The molecule has 0 aliphatic rings. The van der Waals surface area contributed by atoms with E-state index in [4.69, 9.17) is 5.11 Å². The van der Waals surface area contributed by atoms with Crippen LogP contribution < -0.4 is 5.32 Å². The Bertz CT molecular complexity index is 331. The van der Waals surface area contributed by atoms with Crippen molar-refractivity contribution >= 4 is 0 Å². The van der Waals surface area contributed by atoms with Crippen LogP contribution in [0.4, 0.5) is 0 Å². The molecule has 0 aromatic heterocycles. The summed E-state index contributed by atoms with van der Waals surface area (Å²) in [6.07, 6.45) is 0. The maximum atomic E-state index is 9.12. The van der Waals surface area contributed by atoms with E-state index in [1.165, 1.54) is 16.7 Å². The van der Waals surface area contributed by atoms with Crippen molar-refractivity contribution in [2.75, 3.05) is 6.61 Å². The van der Waals surface area contributed by atoms with Gasteiger partial charge in [-0.1, -0.05) is 23.8 Å². The van der Waals surface area contributed by atoms with Crippen LogP contribution in [0.3, 0.4) is 0 Å². The minimum Gasteiger partial charge on any atom is -0.394 e. The first-order valence-electron chi connectivity index (χ1n) is 5.36. The summed E-state index contributed by atoms with van der Waals surface area (Å²) in [6.45, 7) is 9.17. The number of aryl methyl sites for hydroxylation is 2. The summed E-state index contributed by atoms with van der Waals surface area (Å²) in [7, 11) is 0. The quantitative estimate of drug-likeness (QED) is 0.793. The van der Waals surface area contributed by atoms with E-state index in [1.807, 2.05) is 13.8 Å². The van der Waals surface area contributed by atoms with E-state index in [2.05, 4.69) is 37.4 Å². The average molecular weight is 207 g/mol. The average Bonchev–Trinajstić information content (AvgIpc) is 2.16. The summed E-state index contributed by atoms with van der Waals surface area (Å²) >= 11 is 0. The van der Waals surface area contributed by atoms with Gasteiger partial charge in [0.2, 0.25) is 0 Å². The van der Waals surface area contributed by atoms with Crippen molar-refractivity contribution < 1.29 is 5.11 Å². The van der Waals surface area contributed by atoms with Crippen LogP contribution in [-0.4, -0.2) is 17.3 Å². The fourth-order valence-corrected chi connectivity index (χ4v) is 1.43. The lowest BCUT2D eigenvalue weighted by molar-refractivity contribution is 0.187. The Morgan fingerprint density at radius 2 is 1.93 bits per heavy atom. The molecule has 1 aromatic carbocycles. The fourth-order valence-electron chi connectivity index (χ4n) is 1.43. The molecule has 0 saturated carbocycles. The highest BCUT2D eigenvalue weighted by Gasteiger charge is 2.15. The van der Waals surface area contributed by atoms with Gasteiger partial charge < -0.3 is 10.4 Å². The van der Waals surface area contributed by atoms with Gasteiger partial charge in [-0.25, -0.2) is 0 Å². The van der Waals surface area contributed by atoms with E-state index >= 15 is 0 Å². The second-order valence-electron chi connectivity index (χ2n) is 4.83. The Morgan fingerprint density at radius 3 is 2.47 bits per heavy atom. The molecule has 1 rings (SSSR count). The largest absolute Gasteiger partial charge is 0.394 e. The third-order valence-electron chi connectivity index (χ3n) is 2.65. The van der Waals surface area contributed by atoms with E-state index in [1.54, 1.807) is 0 Å². The minimum atomic E-state index is -0.211. The topological polar surface area (TPSA) is 32.3 Å². The monoisotopic (exact) mass is 207 g/mol. The number of benzene rings is 1. The van der Waals surface area contributed by atoms with E-state index in [-0.39, 0.29) is 12.1 Å². The van der Waals surface area contributed by atoms with Crippen molar-refractivity contribution in [2.24, 2.45) is 0 Å². The molecule has 0 radical (unpaired) electrons. The van der Waals surface area contributed by atoms with Gasteiger partial charge >= 0.3 is 0 Å². The highest BCUT2D eigenvalue weighted by atomic mass is 16.3. The Kier molecular flexibility index (Phi) is 3.89. The standard InChI is InChI=1S/C13H21NO/c1-10-5-6-12(11(2)7-10)8-14-13(3,4)9-15/h5-7,14-15H,8-9H2,1-4H3. The summed E-state index contributed by atoms with van der Waals surface area (Å²) in [4.78, 5) is 0. The molecule has 0 fully saturated rings. The van der Waals surface area contributed by atoms with E-state index in [9.17, 15) is 0 Å². The molecule has 0 spiro atoms. The van der Waals surface area contributed by atoms with Crippen LogP contribution >= 0.6 is 0 Å². The van der Waals surface area contributed by atoms with Gasteiger partial charge in [-0.2, -0.15) is 0 Å². The van der Waals surface area contributed by atoms with Gasteiger partial charge in [-0.05, 0) is 38.8 Å². The highest BCUT2D eigenvalue weighted by Crippen LogP contribution is 2.11. The van der Waals surface area contributed by atoms with Crippen molar-refractivity contribution in [1.82, 2.24) is 5.32 Å². The molecule has 0 saturated heterocycles. The Labute approximate surface area is 92.3 Å². The zero-order chi connectivity index (χ0) is 11.5. The maximum absolute atomic E-state index is 9.12. The first-order chi connectivity index (χ1) is 6.94. The molecule has 0 heterocycles. The molecular formula is C13H21NO. The predicted octanol–water partition coefficient (Wildman–Crippen LogP) is 2.16. The summed E-state index contributed by atoms with van der Waals surface area (Å²) in [6, 6.07) is 6.45. The van der Waals surface area contributed by atoms with E-state index in [0.717, 1.165) is 6.54 Å². The second-order valence-corrected chi connectivity index (χ2v) is 4.83. The number of hydrogen-bond donors (Lipinski definition) is 2. The van der Waals surface area contributed by atoms with Gasteiger partial charge in [0.05, 0.1) is 6.61 Å². The predicted molar refractivity (Wildman–Crippen MR) is 63.9 cm³/mol. The van der Waals surface area contributed by atoms with Gasteiger partial charge in [-0.3, -0.25) is 0 Å². The van der Waals surface area contributed by atoms with E-state index < -0.39 is 0 Å². The first kappa shape index (κ1) is 12.2. The van der Waals surface area contributed by atoms with Crippen molar-refractivity contribution in [3.63, 3.8) is 0 Å². The molecule has 84 valence electrons. The molecule has 15 heavy (non-hydrogen) atoms. The molecule has 0 unspecified atom stereocenters. The summed E-state index contributed by atoms with van der Waals surface area (Å²) in [5.74, 6) is 0. The summed E-state index contributed by atoms with van der Waals surface area (Å²) < 4.78 is 0. The summed E-state index contributed by atoms with van der Waals surface area (Å²) in [5, 5.41) is 12.5. The molecule has 0 aliphatic heterocycles.